The zero-order valence-corrected chi connectivity index (χ0v) is 23.2. The predicted octanol–water partition coefficient (Wildman–Crippen LogP) is 6.45. The molecule has 7 nitrogen and oxygen atoms in total. The van der Waals surface area contributed by atoms with Gasteiger partial charge in [-0.2, -0.15) is 0 Å². The van der Waals surface area contributed by atoms with E-state index < -0.39 is 17.7 Å². The molecule has 0 aromatic heterocycles. The molecule has 1 atom stereocenters. The van der Waals surface area contributed by atoms with Crippen LogP contribution in [0.25, 0.3) is 5.76 Å². The van der Waals surface area contributed by atoms with Crippen LogP contribution in [0.15, 0.2) is 72.3 Å². The second kappa shape index (κ2) is 11.6. The molecule has 1 N–H and O–H groups in total. The Morgan fingerprint density at radius 3 is 2.28 bits per heavy atom. The molecule has 1 aliphatic rings. The van der Waals surface area contributed by atoms with Crippen molar-refractivity contribution in [3.63, 3.8) is 0 Å². The van der Waals surface area contributed by atoms with Crippen LogP contribution in [0.3, 0.4) is 0 Å². The smallest absolute Gasteiger partial charge is 0.300 e. The summed E-state index contributed by atoms with van der Waals surface area (Å²) < 4.78 is 17.0. The summed E-state index contributed by atoms with van der Waals surface area (Å²) in [6.07, 6.45) is -0.00696. The molecule has 0 saturated carbocycles. The third kappa shape index (κ3) is 5.93. The highest BCUT2D eigenvalue weighted by Gasteiger charge is 2.47. The summed E-state index contributed by atoms with van der Waals surface area (Å²) in [7, 11) is 1.55. The second-order valence-corrected chi connectivity index (χ2v) is 10.3. The number of hydrogen-bond acceptors (Lipinski definition) is 6. The largest absolute Gasteiger partial charge is 0.507 e. The first-order chi connectivity index (χ1) is 18.6. The molecule has 1 unspecified atom stereocenters. The number of Topliss-reactive ketones (excluding diaryl/α,β-unsaturated/α-hetero) is 1. The van der Waals surface area contributed by atoms with Crippen LogP contribution >= 0.6 is 0 Å². The van der Waals surface area contributed by atoms with Crippen molar-refractivity contribution in [2.75, 3.05) is 18.6 Å². The van der Waals surface area contributed by atoms with Crippen LogP contribution < -0.4 is 19.1 Å². The van der Waals surface area contributed by atoms with Crippen molar-refractivity contribution < 1.29 is 28.9 Å². The van der Waals surface area contributed by atoms with Crippen molar-refractivity contribution in [1.82, 2.24) is 0 Å². The average molecular weight is 530 g/mol. The molecule has 204 valence electrons. The van der Waals surface area contributed by atoms with Crippen molar-refractivity contribution in [3.05, 3.63) is 89.0 Å². The van der Waals surface area contributed by atoms with Gasteiger partial charge in [-0.3, -0.25) is 14.5 Å². The number of ketones is 1. The number of carbonyl (C=O) groups excluding carboxylic acids is 2. The molecule has 0 bridgehead atoms. The predicted molar refractivity (Wildman–Crippen MR) is 151 cm³/mol. The first kappa shape index (κ1) is 27.8. The summed E-state index contributed by atoms with van der Waals surface area (Å²) >= 11 is 0. The Morgan fingerprint density at radius 1 is 0.949 bits per heavy atom. The van der Waals surface area contributed by atoms with E-state index in [1.54, 1.807) is 67.8 Å². The molecule has 0 aliphatic carbocycles. The van der Waals surface area contributed by atoms with E-state index in [1.165, 1.54) is 4.90 Å². The molecule has 0 spiro atoms. The van der Waals surface area contributed by atoms with Gasteiger partial charge >= 0.3 is 0 Å². The van der Waals surface area contributed by atoms with E-state index in [4.69, 9.17) is 14.2 Å². The summed E-state index contributed by atoms with van der Waals surface area (Å²) in [6, 6.07) is 18.5. The minimum Gasteiger partial charge on any atom is -0.507 e. The van der Waals surface area contributed by atoms with Crippen LogP contribution in [0, 0.1) is 12.8 Å². The Balaban J connectivity index is 1.83. The summed E-state index contributed by atoms with van der Waals surface area (Å²) in [5.41, 5.74) is 2.38. The molecule has 1 amide bonds. The highest BCUT2D eigenvalue weighted by Crippen LogP contribution is 2.43. The van der Waals surface area contributed by atoms with Gasteiger partial charge in [0, 0.05) is 11.3 Å². The summed E-state index contributed by atoms with van der Waals surface area (Å²) in [5, 5.41) is 11.5. The van der Waals surface area contributed by atoms with E-state index in [-0.39, 0.29) is 17.4 Å². The molecule has 3 aromatic rings. The lowest BCUT2D eigenvalue weighted by Gasteiger charge is -2.26. The Bertz CT molecular complexity index is 1390. The Labute approximate surface area is 229 Å². The van der Waals surface area contributed by atoms with Crippen molar-refractivity contribution in [1.29, 1.82) is 0 Å². The van der Waals surface area contributed by atoms with Crippen LogP contribution in [0.4, 0.5) is 5.69 Å². The number of aryl methyl sites for hydroxylation is 1. The zero-order valence-electron chi connectivity index (χ0n) is 23.2. The van der Waals surface area contributed by atoms with E-state index in [0.717, 1.165) is 5.56 Å². The molecule has 3 aromatic carbocycles. The number of benzene rings is 3. The molecule has 4 rings (SSSR count). The Kier molecular flexibility index (Phi) is 8.29. The number of amides is 1. The molecular weight excluding hydrogens is 494 g/mol. The standard InChI is InChI=1S/C32H35NO6/c1-19(2)18-38-27-15-10-23(16-21(27)5)30(34)28-29(22-8-7-9-26(17-22)37-6)33(32(36)31(28)35)24-11-13-25(14-12-24)39-20(3)4/h7-17,19-20,29,34H,18H2,1-6H3/b30-28-. The maximum Gasteiger partial charge on any atom is 0.300 e. The van der Waals surface area contributed by atoms with Gasteiger partial charge in [0.15, 0.2) is 0 Å². The number of nitrogens with zero attached hydrogens (tertiary/aromatic N) is 1. The molecule has 1 aliphatic heterocycles. The molecule has 1 fully saturated rings. The monoisotopic (exact) mass is 529 g/mol. The van der Waals surface area contributed by atoms with E-state index in [9.17, 15) is 14.7 Å². The number of carbonyl (C=O) groups is 2. The third-order valence-corrected chi connectivity index (χ3v) is 6.36. The number of rotatable bonds is 9. The van der Waals surface area contributed by atoms with Crippen LogP contribution in [0.2, 0.25) is 0 Å². The SMILES string of the molecule is COc1cccc(C2/C(=C(/O)c3ccc(OCC(C)C)c(C)c3)C(=O)C(=O)N2c2ccc(OC(C)C)cc2)c1. The molecule has 0 radical (unpaired) electrons. The Hall–Kier alpha value is -4.26. The van der Waals surface area contributed by atoms with Gasteiger partial charge in [-0.15, -0.1) is 0 Å². The van der Waals surface area contributed by atoms with Gasteiger partial charge in [0.2, 0.25) is 0 Å². The van der Waals surface area contributed by atoms with Crippen LogP contribution in [-0.2, 0) is 9.59 Å². The fraction of sp³-hybridized carbons (Fsp3) is 0.312. The number of hydrogen-bond donors (Lipinski definition) is 1. The van der Waals surface area contributed by atoms with E-state index in [0.29, 0.717) is 46.6 Å². The lowest BCUT2D eigenvalue weighted by molar-refractivity contribution is -0.132. The Morgan fingerprint density at radius 2 is 1.67 bits per heavy atom. The van der Waals surface area contributed by atoms with Gasteiger partial charge in [0.1, 0.15) is 23.0 Å². The number of methoxy groups -OCH3 is 1. The number of ether oxygens (including phenoxy) is 3. The van der Waals surface area contributed by atoms with Gasteiger partial charge in [0.25, 0.3) is 11.7 Å². The molecule has 1 saturated heterocycles. The van der Waals surface area contributed by atoms with Crippen LogP contribution in [0.1, 0.15) is 50.4 Å². The summed E-state index contributed by atoms with van der Waals surface area (Å²) in [5.74, 6) is 0.550. The van der Waals surface area contributed by atoms with Crippen molar-refractivity contribution in [2.45, 2.75) is 46.8 Å². The number of anilines is 1. The minimum absolute atomic E-state index is 0.00556. The number of aliphatic hydroxyl groups is 1. The van der Waals surface area contributed by atoms with Crippen molar-refractivity contribution in [2.24, 2.45) is 5.92 Å². The van der Waals surface area contributed by atoms with Gasteiger partial charge in [-0.25, -0.2) is 0 Å². The summed E-state index contributed by atoms with van der Waals surface area (Å²) in [4.78, 5) is 28.4. The van der Waals surface area contributed by atoms with E-state index in [2.05, 4.69) is 13.8 Å². The number of aliphatic hydroxyl groups excluding tert-OH is 1. The van der Waals surface area contributed by atoms with Gasteiger partial charge in [-0.05, 0) is 92.4 Å². The molecular formula is C32H35NO6. The quantitative estimate of drug-likeness (QED) is 0.195. The second-order valence-electron chi connectivity index (χ2n) is 10.3. The fourth-order valence-corrected chi connectivity index (χ4v) is 4.55. The zero-order chi connectivity index (χ0) is 28.3. The van der Waals surface area contributed by atoms with Crippen LogP contribution in [-0.4, -0.2) is 36.6 Å². The first-order valence-electron chi connectivity index (χ1n) is 13.1. The molecule has 7 heteroatoms. The van der Waals surface area contributed by atoms with Crippen molar-refractivity contribution in [3.8, 4) is 17.2 Å². The summed E-state index contributed by atoms with van der Waals surface area (Å²) in [6.45, 7) is 10.4. The maximum atomic E-state index is 13.5. The topological polar surface area (TPSA) is 85.3 Å². The highest BCUT2D eigenvalue weighted by molar-refractivity contribution is 6.51. The van der Waals surface area contributed by atoms with E-state index >= 15 is 0 Å². The van der Waals surface area contributed by atoms with Crippen LogP contribution in [0.5, 0.6) is 17.2 Å². The fourth-order valence-electron chi connectivity index (χ4n) is 4.55. The highest BCUT2D eigenvalue weighted by atomic mass is 16.5. The van der Waals surface area contributed by atoms with Gasteiger partial charge in [-0.1, -0.05) is 26.0 Å². The van der Waals surface area contributed by atoms with Crippen molar-refractivity contribution >= 4 is 23.1 Å². The lowest BCUT2D eigenvalue weighted by Crippen LogP contribution is -2.29. The maximum absolute atomic E-state index is 13.5. The van der Waals surface area contributed by atoms with E-state index in [1.807, 2.05) is 26.8 Å². The van der Waals surface area contributed by atoms with Gasteiger partial charge < -0.3 is 19.3 Å². The molecule has 39 heavy (non-hydrogen) atoms. The minimum atomic E-state index is -0.867. The molecule has 1 heterocycles. The van der Waals surface area contributed by atoms with Gasteiger partial charge in [0.05, 0.1) is 31.4 Å². The average Bonchev–Trinajstić information content (AvgIpc) is 3.17. The third-order valence-electron chi connectivity index (χ3n) is 6.36. The first-order valence-corrected chi connectivity index (χ1v) is 13.1. The lowest BCUT2D eigenvalue weighted by atomic mass is 9.94. The normalized spacial score (nSPS) is 16.7.